The van der Waals surface area contributed by atoms with Gasteiger partial charge in [0.2, 0.25) is 0 Å². The monoisotopic (exact) mass is 230 g/mol. The van der Waals surface area contributed by atoms with Crippen LogP contribution in [0.1, 0.15) is 17.7 Å². The van der Waals surface area contributed by atoms with Gasteiger partial charge >= 0.3 is 0 Å². The van der Waals surface area contributed by atoms with E-state index < -0.39 is 0 Å². The van der Waals surface area contributed by atoms with Crippen molar-refractivity contribution >= 4 is 10.9 Å². The van der Waals surface area contributed by atoms with E-state index in [4.69, 9.17) is 0 Å². The minimum atomic E-state index is -0.175. The summed E-state index contributed by atoms with van der Waals surface area (Å²) >= 11 is 0. The van der Waals surface area contributed by atoms with Crippen LogP contribution >= 0.6 is 0 Å². The average Bonchev–Trinajstić information content (AvgIpc) is 2.85. The van der Waals surface area contributed by atoms with E-state index in [9.17, 15) is 5.11 Å². The predicted octanol–water partition coefficient (Wildman–Crippen LogP) is 1.74. The Balaban J connectivity index is 1.91. The third kappa shape index (κ3) is 1.96. The van der Waals surface area contributed by atoms with Gasteiger partial charge in [-0.05, 0) is 31.4 Å². The van der Waals surface area contributed by atoms with E-state index in [1.165, 1.54) is 22.2 Å². The zero-order valence-corrected chi connectivity index (χ0v) is 10.0. The number of aryl methyl sites for hydroxylation is 1. The summed E-state index contributed by atoms with van der Waals surface area (Å²) in [7, 11) is 0. The van der Waals surface area contributed by atoms with Crippen LogP contribution < -0.4 is 5.32 Å². The summed E-state index contributed by atoms with van der Waals surface area (Å²) in [6.07, 6.45) is 1.68. The molecular weight excluding hydrogens is 212 g/mol. The molecule has 2 unspecified atom stereocenters. The van der Waals surface area contributed by atoms with Crippen molar-refractivity contribution in [3.05, 3.63) is 35.5 Å². The van der Waals surface area contributed by atoms with E-state index in [-0.39, 0.29) is 6.10 Å². The van der Waals surface area contributed by atoms with Crippen LogP contribution in [-0.2, 0) is 6.42 Å². The highest BCUT2D eigenvalue weighted by molar-refractivity contribution is 5.84. The number of nitrogens with one attached hydrogen (secondary N) is 2. The Labute approximate surface area is 101 Å². The third-order valence-corrected chi connectivity index (χ3v) is 3.68. The van der Waals surface area contributed by atoms with Crippen LogP contribution in [0.4, 0.5) is 0 Å². The number of aromatic nitrogens is 1. The van der Waals surface area contributed by atoms with Crippen LogP contribution in [0.5, 0.6) is 0 Å². The number of aromatic amines is 1. The van der Waals surface area contributed by atoms with Gasteiger partial charge in [0.05, 0.1) is 6.10 Å². The molecule has 0 radical (unpaired) electrons. The second-order valence-electron chi connectivity index (χ2n) is 4.97. The van der Waals surface area contributed by atoms with Crippen molar-refractivity contribution in [2.75, 3.05) is 6.54 Å². The molecule has 1 aromatic heterocycles. The molecule has 3 heteroatoms. The number of hydrogen-bond acceptors (Lipinski definition) is 2. The van der Waals surface area contributed by atoms with Gasteiger partial charge in [-0.2, -0.15) is 0 Å². The van der Waals surface area contributed by atoms with Gasteiger partial charge in [-0.3, -0.25) is 0 Å². The maximum atomic E-state index is 9.54. The van der Waals surface area contributed by atoms with E-state index in [1.807, 2.05) is 0 Å². The van der Waals surface area contributed by atoms with Crippen LogP contribution in [-0.4, -0.2) is 28.8 Å². The number of H-pyrrole nitrogens is 1. The molecule has 3 N–H and O–H groups in total. The molecule has 17 heavy (non-hydrogen) atoms. The summed E-state index contributed by atoms with van der Waals surface area (Å²) in [6.45, 7) is 2.85. The summed E-state index contributed by atoms with van der Waals surface area (Å²) in [6, 6.07) is 8.82. The van der Waals surface area contributed by atoms with Crippen molar-refractivity contribution in [3.8, 4) is 0 Å². The molecule has 1 saturated heterocycles. The molecule has 0 spiro atoms. The molecule has 3 rings (SSSR count). The zero-order chi connectivity index (χ0) is 11.8. The first-order chi connectivity index (χ1) is 8.24. The Morgan fingerprint density at radius 2 is 2.18 bits per heavy atom. The van der Waals surface area contributed by atoms with Crippen LogP contribution in [0, 0.1) is 6.92 Å². The fourth-order valence-corrected chi connectivity index (χ4v) is 2.80. The van der Waals surface area contributed by atoms with Gasteiger partial charge in [-0.15, -0.1) is 0 Å². The highest BCUT2D eigenvalue weighted by Gasteiger charge is 2.23. The van der Waals surface area contributed by atoms with Gasteiger partial charge in [-0.25, -0.2) is 0 Å². The molecular formula is C14H18N2O. The van der Waals surface area contributed by atoms with Crippen LogP contribution in [0.15, 0.2) is 24.3 Å². The molecule has 2 aromatic rings. The van der Waals surface area contributed by atoms with Crippen molar-refractivity contribution < 1.29 is 5.11 Å². The lowest BCUT2D eigenvalue weighted by atomic mass is 10.0. The summed E-state index contributed by atoms with van der Waals surface area (Å²) in [5.74, 6) is 0. The number of hydrogen-bond donors (Lipinski definition) is 3. The summed E-state index contributed by atoms with van der Waals surface area (Å²) in [5, 5.41) is 14.2. The summed E-state index contributed by atoms with van der Waals surface area (Å²) < 4.78 is 0. The highest BCUT2D eigenvalue weighted by Crippen LogP contribution is 2.24. The Morgan fingerprint density at radius 1 is 1.35 bits per heavy atom. The second kappa shape index (κ2) is 4.17. The molecule has 3 nitrogen and oxygen atoms in total. The summed E-state index contributed by atoms with van der Waals surface area (Å²) in [5.41, 5.74) is 3.83. The zero-order valence-electron chi connectivity index (χ0n) is 10.0. The lowest BCUT2D eigenvalue weighted by Crippen LogP contribution is -2.23. The Hall–Kier alpha value is -1.32. The number of β-amino-alcohol motifs (C(OH)–C–C–N with tert-alkyl or cyclic N) is 1. The first kappa shape index (κ1) is 10.8. The minimum Gasteiger partial charge on any atom is -0.392 e. The van der Waals surface area contributed by atoms with E-state index >= 15 is 0 Å². The topological polar surface area (TPSA) is 48.0 Å². The average molecular weight is 230 g/mol. The number of rotatable bonds is 2. The van der Waals surface area contributed by atoms with Crippen molar-refractivity contribution in [2.24, 2.45) is 0 Å². The fraction of sp³-hybridized carbons (Fsp3) is 0.429. The molecule has 0 amide bonds. The largest absolute Gasteiger partial charge is 0.392 e. The number of fused-ring (bicyclic) bond motifs is 1. The SMILES string of the molecule is Cc1[nH]c2ccccc2c1CC1CC(O)CN1. The molecule has 1 fully saturated rings. The van der Waals surface area contributed by atoms with Gasteiger partial charge in [0.15, 0.2) is 0 Å². The lowest BCUT2D eigenvalue weighted by molar-refractivity contribution is 0.193. The lowest BCUT2D eigenvalue weighted by Gasteiger charge is -2.10. The normalized spacial score (nSPS) is 24.6. The number of aliphatic hydroxyl groups excluding tert-OH is 1. The molecule has 1 aromatic carbocycles. The van der Waals surface area contributed by atoms with Gasteiger partial charge in [0, 0.05) is 29.2 Å². The summed E-state index contributed by atoms with van der Waals surface area (Å²) in [4.78, 5) is 3.42. The molecule has 0 aliphatic carbocycles. The van der Waals surface area contributed by atoms with Crippen molar-refractivity contribution in [2.45, 2.75) is 31.9 Å². The van der Waals surface area contributed by atoms with Crippen LogP contribution in [0.2, 0.25) is 0 Å². The Bertz CT molecular complexity index is 532. The highest BCUT2D eigenvalue weighted by atomic mass is 16.3. The second-order valence-corrected chi connectivity index (χ2v) is 4.97. The molecule has 0 saturated carbocycles. The van der Waals surface area contributed by atoms with Crippen LogP contribution in [0.3, 0.4) is 0 Å². The maximum absolute atomic E-state index is 9.54. The van der Waals surface area contributed by atoms with Gasteiger partial charge < -0.3 is 15.4 Å². The quantitative estimate of drug-likeness (QED) is 0.736. The van der Waals surface area contributed by atoms with Gasteiger partial charge in [-0.1, -0.05) is 18.2 Å². The van der Waals surface area contributed by atoms with Crippen molar-refractivity contribution in [3.63, 3.8) is 0 Å². The van der Waals surface area contributed by atoms with E-state index in [0.29, 0.717) is 6.04 Å². The number of benzene rings is 1. The molecule has 90 valence electrons. The van der Waals surface area contributed by atoms with Crippen LogP contribution in [0.25, 0.3) is 10.9 Å². The maximum Gasteiger partial charge on any atom is 0.0679 e. The fourth-order valence-electron chi connectivity index (χ4n) is 2.80. The van der Waals surface area contributed by atoms with Gasteiger partial charge in [0.25, 0.3) is 0 Å². The first-order valence-corrected chi connectivity index (χ1v) is 6.21. The third-order valence-electron chi connectivity index (χ3n) is 3.68. The molecule has 1 aliphatic heterocycles. The standard InChI is InChI=1S/C14H18N2O/c1-9-13(7-10-6-11(17)8-15-10)12-4-2-3-5-14(12)16-9/h2-5,10-11,15-17H,6-8H2,1H3. The Morgan fingerprint density at radius 3 is 2.94 bits per heavy atom. The number of aliphatic hydroxyl groups is 1. The molecule has 1 aliphatic rings. The van der Waals surface area contributed by atoms with Crippen molar-refractivity contribution in [1.82, 2.24) is 10.3 Å². The molecule has 2 atom stereocenters. The van der Waals surface area contributed by atoms with E-state index in [0.717, 1.165) is 19.4 Å². The molecule has 2 heterocycles. The Kier molecular flexibility index (Phi) is 2.65. The van der Waals surface area contributed by atoms with E-state index in [1.54, 1.807) is 0 Å². The predicted molar refractivity (Wildman–Crippen MR) is 69.2 cm³/mol. The smallest absolute Gasteiger partial charge is 0.0679 e. The minimum absolute atomic E-state index is 0.175. The van der Waals surface area contributed by atoms with Crippen molar-refractivity contribution in [1.29, 1.82) is 0 Å². The molecule has 0 bridgehead atoms. The number of para-hydroxylation sites is 1. The first-order valence-electron chi connectivity index (χ1n) is 6.21. The van der Waals surface area contributed by atoms with E-state index in [2.05, 4.69) is 41.5 Å². The van der Waals surface area contributed by atoms with Gasteiger partial charge in [0.1, 0.15) is 0 Å².